The normalized spacial score (nSPS) is 21.1. The fraction of sp³-hybridized carbons (Fsp3) is 0.467. The Balaban J connectivity index is 0.00000176. The molecule has 1 fully saturated rings. The number of carbonyl (C=O) groups excluding carboxylic acids is 1. The van der Waals surface area contributed by atoms with Crippen molar-refractivity contribution >= 4 is 29.7 Å². The first-order valence-corrected chi connectivity index (χ1v) is 8.26. The highest BCUT2D eigenvalue weighted by atomic mass is 35.5. The summed E-state index contributed by atoms with van der Waals surface area (Å²) < 4.78 is 0. The van der Waals surface area contributed by atoms with E-state index in [2.05, 4.69) is 15.5 Å². The molecule has 1 saturated carbocycles. The lowest BCUT2D eigenvalue weighted by Crippen LogP contribution is -2.44. The first-order chi connectivity index (χ1) is 10.3. The van der Waals surface area contributed by atoms with Crippen molar-refractivity contribution in [1.29, 1.82) is 0 Å². The van der Waals surface area contributed by atoms with Gasteiger partial charge in [-0.3, -0.25) is 9.89 Å². The molecule has 1 aliphatic rings. The maximum Gasteiger partial charge on any atom is 0.272 e. The Morgan fingerprint density at radius 3 is 3.00 bits per heavy atom. The topological polar surface area (TPSA) is 83.8 Å². The number of hydrogen-bond acceptors (Lipinski definition) is 4. The predicted octanol–water partition coefficient (Wildman–Crippen LogP) is 2.81. The molecule has 0 bridgehead atoms. The van der Waals surface area contributed by atoms with E-state index in [9.17, 15) is 4.79 Å². The van der Waals surface area contributed by atoms with Gasteiger partial charge in [0.2, 0.25) is 0 Å². The maximum absolute atomic E-state index is 12.3. The second kappa shape index (κ2) is 7.76. The third-order valence-electron chi connectivity index (χ3n) is 4.13. The van der Waals surface area contributed by atoms with Crippen LogP contribution in [0.5, 0.6) is 0 Å². The number of nitrogens with two attached hydrogens (primary N) is 1. The van der Waals surface area contributed by atoms with Crippen LogP contribution in [0.15, 0.2) is 23.6 Å². The lowest BCUT2D eigenvalue weighted by atomic mass is 9.84. The molecule has 22 heavy (non-hydrogen) atoms. The molecule has 0 saturated heterocycles. The second-order valence-electron chi connectivity index (χ2n) is 5.50. The molecule has 4 N–H and O–H groups in total. The van der Waals surface area contributed by atoms with Crippen LogP contribution in [0.25, 0.3) is 10.6 Å². The van der Waals surface area contributed by atoms with Crippen LogP contribution < -0.4 is 11.1 Å². The molecule has 2 unspecified atom stereocenters. The van der Waals surface area contributed by atoms with Crippen molar-refractivity contribution in [3.63, 3.8) is 0 Å². The van der Waals surface area contributed by atoms with Crippen LogP contribution in [-0.2, 0) is 0 Å². The number of carbonyl (C=O) groups is 1. The Kier molecular flexibility index (Phi) is 5.99. The van der Waals surface area contributed by atoms with E-state index in [1.165, 1.54) is 6.42 Å². The Morgan fingerprint density at radius 2 is 2.27 bits per heavy atom. The van der Waals surface area contributed by atoms with Gasteiger partial charge in [-0.05, 0) is 42.8 Å². The number of nitrogens with zero attached hydrogens (tertiary/aromatic N) is 1. The summed E-state index contributed by atoms with van der Waals surface area (Å²) in [6.45, 7) is 0.631. The summed E-state index contributed by atoms with van der Waals surface area (Å²) in [5, 5.41) is 12.2. The molecule has 0 radical (unpaired) electrons. The zero-order chi connectivity index (χ0) is 14.7. The lowest BCUT2D eigenvalue weighted by molar-refractivity contribution is 0.0903. The molecule has 0 spiro atoms. The summed E-state index contributed by atoms with van der Waals surface area (Å²) in [5.74, 6) is 0.276. The maximum atomic E-state index is 12.3. The monoisotopic (exact) mass is 340 g/mol. The van der Waals surface area contributed by atoms with Crippen LogP contribution in [0, 0.1) is 5.92 Å². The van der Waals surface area contributed by atoms with Crippen molar-refractivity contribution in [2.75, 3.05) is 6.54 Å². The molecular formula is C15H21ClN4OS. The molecule has 2 heterocycles. The molecule has 120 valence electrons. The minimum atomic E-state index is -0.112. The molecule has 5 nitrogen and oxygen atoms in total. The Bertz CT molecular complexity index is 598. The van der Waals surface area contributed by atoms with Gasteiger partial charge in [0.15, 0.2) is 5.69 Å². The van der Waals surface area contributed by atoms with Crippen molar-refractivity contribution < 1.29 is 4.79 Å². The summed E-state index contributed by atoms with van der Waals surface area (Å²) in [4.78, 5) is 13.4. The van der Waals surface area contributed by atoms with Crippen LogP contribution in [0.1, 0.15) is 36.2 Å². The number of hydrogen-bond donors (Lipinski definition) is 3. The average molecular weight is 341 g/mol. The standard InChI is InChI=1S/C15H20N4OS.ClH/c16-9-10-4-1-2-5-11(10)17-15(20)13-8-12(18-19-13)14-6-3-7-21-14;/h3,6-8,10-11H,1-2,4-5,9,16H2,(H,17,20)(H,18,19);1H. The van der Waals surface area contributed by atoms with Crippen LogP contribution >= 0.6 is 23.7 Å². The van der Waals surface area contributed by atoms with Crippen LogP contribution in [0.3, 0.4) is 0 Å². The highest BCUT2D eigenvalue weighted by molar-refractivity contribution is 7.13. The summed E-state index contributed by atoms with van der Waals surface area (Å²) in [6.07, 6.45) is 4.47. The fourth-order valence-electron chi connectivity index (χ4n) is 2.92. The first kappa shape index (κ1) is 17.0. The molecule has 3 rings (SSSR count). The van der Waals surface area contributed by atoms with E-state index in [0.717, 1.165) is 29.8 Å². The van der Waals surface area contributed by atoms with Gasteiger partial charge in [-0.25, -0.2) is 0 Å². The molecule has 1 amide bonds. The van der Waals surface area contributed by atoms with Gasteiger partial charge in [0.25, 0.3) is 5.91 Å². The first-order valence-electron chi connectivity index (χ1n) is 7.38. The van der Waals surface area contributed by atoms with Crippen molar-refractivity contribution in [2.45, 2.75) is 31.7 Å². The zero-order valence-corrected chi connectivity index (χ0v) is 13.9. The number of thiophene rings is 1. The SMILES string of the molecule is Cl.NCC1CCCCC1NC(=O)c1cc(-c2cccs2)[nH]n1. The quantitative estimate of drug-likeness (QED) is 0.800. The van der Waals surface area contributed by atoms with Gasteiger partial charge in [0, 0.05) is 6.04 Å². The fourth-order valence-corrected chi connectivity index (χ4v) is 3.61. The van der Waals surface area contributed by atoms with E-state index in [1.807, 2.05) is 17.5 Å². The van der Waals surface area contributed by atoms with Gasteiger partial charge >= 0.3 is 0 Å². The van der Waals surface area contributed by atoms with Gasteiger partial charge in [-0.2, -0.15) is 5.10 Å². The molecular weight excluding hydrogens is 320 g/mol. The van der Waals surface area contributed by atoms with Crippen molar-refractivity contribution in [2.24, 2.45) is 11.7 Å². The van der Waals surface area contributed by atoms with Gasteiger partial charge in [-0.15, -0.1) is 23.7 Å². The Morgan fingerprint density at radius 1 is 1.45 bits per heavy atom. The second-order valence-corrected chi connectivity index (χ2v) is 6.45. The van der Waals surface area contributed by atoms with Crippen molar-refractivity contribution in [3.05, 3.63) is 29.3 Å². The third kappa shape index (κ3) is 3.69. The highest BCUT2D eigenvalue weighted by Crippen LogP contribution is 2.25. The minimum Gasteiger partial charge on any atom is -0.348 e. The smallest absolute Gasteiger partial charge is 0.272 e. The van der Waals surface area contributed by atoms with Crippen LogP contribution in [0.2, 0.25) is 0 Å². The molecule has 0 aliphatic heterocycles. The van der Waals surface area contributed by atoms with Gasteiger partial charge < -0.3 is 11.1 Å². The lowest BCUT2D eigenvalue weighted by Gasteiger charge is -2.31. The Labute approximate surface area is 140 Å². The minimum absolute atomic E-state index is 0. The number of H-pyrrole nitrogens is 1. The number of rotatable bonds is 4. The number of aromatic amines is 1. The number of amides is 1. The third-order valence-corrected chi connectivity index (χ3v) is 5.03. The summed E-state index contributed by atoms with van der Waals surface area (Å²) in [6, 6.07) is 5.97. The van der Waals surface area contributed by atoms with Crippen molar-refractivity contribution in [1.82, 2.24) is 15.5 Å². The predicted molar refractivity (Wildman–Crippen MR) is 91.4 cm³/mol. The number of nitrogens with one attached hydrogen (secondary N) is 2. The Hall–Kier alpha value is -1.37. The molecule has 7 heteroatoms. The molecule has 2 atom stereocenters. The molecule has 1 aliphatic carbocycles. The van der Waals surface area contributed by atoms with E-state index >= 15 is 0 Å². The summed E-state index contributed by atoms with van der Waals surface area (Å²) >= 11 is 1.62. The molecule has 2 aromatic rings. The van der Waals surface area contributed by atoms with Crippen molar-refractivity contribution in [3.8, 4) is 10.6 Å². The van der Waals surface area contributed by atoms with E-state index in [1.54, 1.807) is 17.4 Å². The average Bonchev–Trinajstić information content (AvgIpc) is 3.18. The molecule has 2 aromatic heterocycles. The van der Waals surface area contributed by atoms with Gasteiger partial charge in [-0.1, -0.05) is 18.9 Å². The summed E-state index contributed by atoms with van der Waals surface area (Å²) in [5.41, 5.74) is 7.13. The van der Waals surface area contributed by atoms with E-state index in [-0.39, 0.29) is 24.4 Å². The van der Waals surface area contributed by atoms with Gasteiger partial charge in [0.1, 0.15) is 0 Å². The van der Waals surface area contributed by atoms with Crippen LogP contribution in [-0.4, -0.2) is 28.7 Å². The molecule has 0 aromatic carbocycles. The van der Waals surface area contributed by atoms with E-state index in [4.69, 9.17) is 5.73 Å². The van der Waals surface area contributed by atoms with E-state index < -0.39 is 0 Å². The number of aromatic nitrogens is 2. The van der Waals surface area contributed by atoms with E-state index in [0.29, 0.717) is 18.2 Å². The largest absolute Gasteiger partial charge is 0.348 e. The zero-order valence-electron chi connectivity index (χ0n) is 12.2. The summed E-state index contributed by atoms with van der Waals surface area (Å²) in [7, 11) is 0. The highest BCUT2D eigenvalue weighted by Gasteiger charge is 2.26. The van der Waals surface area contributed by atoms with Crippen LogP contribution in [0.4, 0.5) is 0 Å². The number of halogens is 1. The van der Waals surface area contributed by atoms with Gasteiger partial charge in [0.05, 0.1) is 10.6 Å².